The van der Waals surface area contributed by atoms with Crippen molar-refractivity contribution < 1.29 is 14.0 Å². The highest BCUT2D eigenvalue weighted by Gasteiger charge is 2.19. The van der Waals surface area contributed by atoms with Gasteiger partial charge in [0, 0.05) is 22.2 Å². The van der Waals surface area contributed by atoms with Gasteiger partial charge in [0.1, 0.15) is 17.8 Å². The Morgan fingerprint density at radius 2 is 1.88 bits per heavy atom. The van der Waals surface area contributed by atoms with Crippen LogP contribution in [0.5, 0.6) is 0 Å². The van der Waals surface area contributed by atoms with Gasteiger partial charge >= 0.3 is 0 Å². The second-order valence-corrected chi connectivity index (χ2v) is 6.32. The lowest BCUT2D eigenvalue weighted by Crippen LogP contribution is -2.09. The number of aliphatic hydroxyl groups is 1. The Morgan fingerprint density at radius 1 is 1.15 bits per heavy atom. The first-order chi connectivity index (χ1) is 12.5. The van der Waals surface area contributed by atoms with E-state index in [2.05, 4.69) is 10.1 Å². The topological polar surface area (TPSA) is 88.1 Å². The number of hydrogen-bond donors (Lipinski definition) is 3. The molecule has 0 aliphatic carbocycles. The average Bonchev–Trinajstić information content (AvgIpc) is 3.19. The number of nitrogens with two attached hydrogens (primary N) is 1. The number of H-pyrrole nitrogens is 1. The molecule has 4 aromatic rings. The molecule has 5 nitrogen and oxygen atoms in total. The first kappa shape index (κ1) is 16.5. The minimum atomic E-state index is -1.11. The summed E-state index contributed by atoms with van der Waals surface area (Å²) in [7, 11) is 0. The standard InChI is InChI=1S/C20H18FN3O2/c1-10-18(11(2)26-24-10)14-7-8-15(20(22)25)19-16(14)9-17(23-19)12-3-5-13(21)6-4-12/h3-9,20,23,25H,22H2,1-2H3. The summed E-state index contributed by atoms with van der Waals surface area (Å²) >= 11 is 0. The number of aromatic amines is 1. The first-order valence-electron chi connectivity index (χ1n) is 8.24. The van der Waals surface area contributed by atoms with Crippen LogP contribution in [0.25, 0.3) is 33.3 Å². The number of aromatic nitrogens is 2. The largest absolute Gasteiger partial charge is 0.374 e. The lowest BCUT2D eigenvalue weighted by atomic mass is 9.97. The molecule has 1 atom stereocenters. The number of rotatable bonds is 3. The maximum Gasteiger partial charge on any atom is 0.141 e. The fourth-order valence-electron chi connectivity index (χ4n) is 3.36. The van der Waals surface area contributed by atoms with Gasteiger partial charge in [-0.05, 0) is 55.3 Å². The highest BCUT2D eigenvalue weighted by atomic mass is 19.1. The molecule has 2 heterocycles. The van der Waals surface area contributed by atoms with Crippen LogP contribution in [0.3, 0.4) is 0 Å². The summed E-state index contributed by atoms with van der Waals surface area (Å²) in [6.07, 6.45) is -1.11. The maximum atomic E-state index is 13.2. The SMILES string of the molecule is Cc1noc(C)c1-c1ccc(C(N)O)c2[nH]c(-c3ccc(F)cc3)cc12. The van der Waals surface area contributed by atoms with E-state index in [4.69, 9.17) is 10.3 Å². The number of hydrogen-bond acceptors (Lipinski definition) is 4. The van der Waals surface area contributed by atoms with Crippen LogP contribution in [0.4, 0.5) is 4.39 Å². The van der Waals surface area contributed by atoms with Crippen LogP contribution in [-0.4, -0.2) is 15.2 Å². The van der Waals surface area contributed by atoms with Gasteiger partial charge in [0.15, 0.2) is 0 Å². The molecule has 0 bridgehead atoms. The molecule has 0 fully saturated rings. The van der Waals surface area contributed by atoms with Crippen LogP contribution in [0, 0.1) is 19.7 Å². The van der Waals surface area contributed by atoms with Gasteiger partial charge in [-0.1, -0.05) is 17.3 Å². The monoisotopic (exact) mass is 351 g/mol. The Morgan fingerprint density at radius 3 is 2.50 bits per heavy atom. The Balaban J connectivity index is 2.00. The summed E-state index contributed by atoms with van der Waals surface area (Å²) in [6, 6.07) is 11.9. The van der Waals surface area contributed by atoms with E-state index in [-0.39, 0.29) is 5.82 Å². The van der Waals surface area contributed by atoms with Crippen LogP contribution in [0.1, 0.15) is 23.2 Å². The van der Waals surface area contributed by atoms with E-state index in [1.807, 2.05) is 26.0 Å². The predicted octanol–water partition coefficient (Wildman–Crippen LogP) is 4.20. The highest BCUT2D eigenvalue weighted by Crippen LogP contribution is 2.37. The first-order valence-corrected chi connectivity index (χ1v) is 8.24. The smallest absolute Gasteiger partial charge is 0.141 e. The van der Waals surface area contributed by atoms with Gasteiger partial charge in [-0.15, -0.1) is 0 Å². The quantitative estimate of drug-likeness (QED) is 0.483. The molecule has 0 spiro atoms. The van der Waals surface area contributed by atoms with Gasteiger partial charge in [-0.25, -0.2) is 4.39 Å². The normalized spacial score (nSPS) is 12.7. The molecular formula is C20H18FN3O2. The van der Waals surface area contributed by atoms with Crippen molar-refractivity contribution in [3.8, 4) is 22.4 Å². The van der Waals surface area contributed by atoms with E-state index < -0.39 is 6.23 Å². The van der Waals surface area contributed by atoms with Gasteiger partial charge in [0.05, 0.1) is 11.2 Å². The summed E-state index contributed by atoms with van der Waals surface area (Å²) in [6.45, 7) is 3.75. The number of fused-ring (bicyclic) bond motifs is 1. The molecule has 4 rings (SSSR count). The molecule has 1 unspecified atom stereocenters. The van der Waals surface area contributed by atoms with Crippen LogP contribution in [0.15, 0.2) is 47.0 Å². The minimum Gasteiger partial charge on any atom is -0.374 e. The van der Waals surface area contributed by atoms with Crippen LogP contribution >= 0.6 is 0 Å². The summed E-state index contributed by atoms with van der Waals surface area (Å²) in [4.78, 5) is 3.31. The summed E-state index contributed by atoms with van der Waals surface area (Å²) < 4.78 is 18.5. The van der Waals surface area contributed by atoms with Crippen molar-refractivity contribution in [3.63, 3.8) is 0 Å². The van der Waals surface area contributed by atoms with Crippen molar-refractivity contribution in [2.45, 2.75) is 20.1 Å². The van der Waals surface area contributed by atoms with Crippen molar-refractivity contribution in [2.24, 2.45) is 5.73 Å². The van der Waals surface area contributed by atoms with E-state index in [9.17, 15) is 9.50 Å². The molecule has 0 saturated heterocycles. The molecule has 2 aromatic carbocycles. The summed E-state index contributed by atoms with van der Waals surface area (Å²) in [5.74, 6) is 0.425. The molecule has 2 aromatic heterocycles. The summed E-state index contributed by atoms with van der Waals surface area (Å²) in [5.41, 5.74) is 11.3. The van der Waals surface area contributed by atoms with E-state index in [1.165, 1.54) is 12.1 Å². The average molecular weight is 351 g/mol. The van der Waals surface area contributed by atoms with Crippen LogP contribution in [0.2, 0.25) is 0 Å². The lowest BCUT2D eigenvalue weighted by molar-refractivity contribution is 0.187. The minimum absolute atomic E-state index is 0.292. The third kappa shape index (κ3) is 2.60. The van der Waals surface area contributed by atoms with Gasteiger partial charge in [-0.2, -0.15) is 0 Å². The third-order valence-corrected chi connectivity index (χ3v) is 4.60. The van der Waals surface area contributed by atoms with Crippen molar-refractivity contribution >= 4 is 10.9 Å². The van der Waals surface area contributed by atoms with Crippen molar-refractivity contribution in [1.29, 1.82) is 0 Å². The molecule has 0 radical (unpaired) electrons. The fraction of sp³-hybridized carbons (Fsp3) is 0.150. The molecule has 0 aliphatic heterocycles. The molecular weight excluding hydrogens is 333 g/mol. The molecule has 0 aliphatic rings. The van der Waals surface area contributed by atoms with E-state index in [0.717, 1.165) is 44.7 Å². The molecule has 4 N–H and O–H groups in total. The van der Waals surface area contributed by atoms with Crippen molar-refractivity contribution in [3.05, 3.63) is 65.3 Å². The third-order valence-electron chi connectivity index (χ3n) is 4.60. The van der Waals surface area contributed by atoms with Gasteiger partial charge in [0.2, 0.25) is 0 Å². The number of halogens is 1. The maximum absolute atomic E-state index is 13.2. The van der Waals surface area contributed by atoms with Crippen molar-refractivity contribution in [1.82, 2.24) is 10.1 Å². The van der Waals surface area contributed by atoms with Gasteiger partial charge in [0.25, 0.3) is 0 Å². The van der Waals surface area contributed by atoms with E-state index in [0.29, 0.717) is 5.56 Å². The Hall–Kier alpha value is -2.96. The Labute approximate surface area is 149 Å². The molecule has 6 heteroatoms. The zero-order valence-electron chi connectivity index (χ0n) is 14.4. The predicted molar refractivity (Wildman–Crippen MR) is 97.8 cm³/mol. The highest BCUT2D eigenvalue weighted by molar-refractivity contribution is 6.00. The Bertz CT molecular complexity index is 1070. The van der Waals surface area contributed by atoms with Gasteiger partial charge in [-0.3, -0.25) is 0 Å². The number of aliphatic hydroxyl groups excluding tert-OH is 1. The second kappa shape index (κ2) is 6.09. The molecule has 132 valence electrons. The lowest BCUT2D eigenvalue weighted by Gasteiger charge is -2.10. The number of benzene rings is 2. The number of aryl methyl sites for hydroxylation is 2. The summed E-state index contributed by atoms with van der Waals surface area (Å²) in [5, 5.41) is 14.9. The van der Waals surface area contributed by atoms with Crippen LogP contribution < -0.4 is 5.73 Å². The van der Waals surface area contributed by atoms with Crippen molar-refractivity contribution in [2.75, 3.05) is 0 Å². The van der Waals surface area contributed by atoms with E-state index >= 15 is 0 Å². The van der Waals surface area contributed by atoms with Crippen LogP contribution in [-0.2, 0) is 0 Å². The number of nitrogens with zero attached hydrogens (tertiary/aromatic N) is 1. The second-order valence-electron chi connectivity index (χ2n) is 6.32. The molecule has 0 amide bonds. The molecule has 0 saturated carbocycles. The van der Waals surface area contributed by atoms with Gasteiger partial charge < -0.3 is 20.3 Å². The zero-order chi connectivity index (χ0) is 18.4. The Kier molecular flexibility index (Phi) is 3.86. The van der Waals surface area contributed by atoms with E-state index in [1.54, 1.807) is 18.2 Å². The number of nitrogens with one attached hydrogen (secondary N) is 1. The zero-order valence-corrected chi connectivity index (χ0v) is 14.4. The fourth-order valence-corrected chi connectivity index (χ4v) is 3.36. The molecule has 26 heavy (non-hydrogen) atoms.